The number of halogens is 1. The summed E-state index contributed by atoms with van der Waals surface area (Å²) in [4.78, 5) is 22.6. The van der Waals surface area contributed by atoms with Gasteiger partial charge in [-0.25, -0.2) is 9.18 Å². The summed E-state index contributed by atoms with van der Waals surface area (Å²) in [5.74, 6) is 0.462. The van der Waals surface area contributed by atoms with Crippen molar-refractivity contribution in [3.05, 3.63) is 65.5 Å². The van der Waals surface area contributed by atoms with Crippen LogP contribution in [0.2, 0.25) is 0 Å². The standard InChI is InChI=1S/C27H33FN4O/c1-20-7-5-8-21(17-20)19-31-15-13-27(14-16-31)25(29-23-10-3-2-4-11-23)30-26(33)32(27)24-12-6-9-22(28)18-24/h5-9,12,17-18,23H,2-4,10-11,13-16,19H2,1H3,(H,29,30,33). The predicted molar refractivity (Wildman–Crippen MR) is 130 cm³/mol. The van der Waals surface area contributed by atoms with Gasteiger partial charge >= 0.3 is 6.03 Å². The SMILES string of the molecule is Cc1cccc(CN2CCC3(CC2)C(=NC2CCCCC2)NC(=O)N3c2cccc(F)c2)c1. The van der Waals surface area contributed by atoms with Crippen molar-refractivity contribution in [3.63, 3.8) is 0 Å². The zero-order valence-corrected chi connectivity index (χ0v) is 19.4. The number of nitrogens with zero attached hydrogens (tertiary/aromatic N) is 3. The molecule has 2 aliphatic heterocycles. The van der Waals surface area contributed by atoms with E-state index in [0.29, 0.717) is 5.69 Å². The fourth-order valence-electron chi connectivity index (χ4n) is 5.71. The molecular formula is C27H33FN4O. The third-order valence-corrected chi connectivity index (χ3v) is 7.42. The van der Waals surface area contributed by atoms with E-state index < -0.39 is 5.54 Å². The van der Waals surface area contributed by atoms with E-state index in [0.717, 1.165) is 51.2 Å². The normalized spacial score (nSPS) is 22.8. The topological polar surface area (TPSA) is 47.9 Å². The number of rotatable bonds is 4. The molecular weight excluding hydrogens is 415 g/mol. The molecule has 0 unspecified atom stereocenters. The first-order valence-electron chi connectivity index (χ1n) is 12.3. The molecule has 2 amide bonds. The van der Waals surface area contributed by atoms with E-state index in [1.165, 1.54) is 42.5 Å². The van der Waals surface area contributed by atoms with Crippen LogP contribution < -0.4 is 10.2 Å². The molecule has 1 saturated carbocycles. The molecule has 0 bridgehead atoms. The van der Waals surface area contributed by atoms with Gasteiger partial charge in [-0.05, 0) is 56.4 Å². The van der Waals surface area contributed by atoms with E-state index in [1.54, 1.807) is 11.0 Å². The van der Waals surface area contributed by atoms with Crippen molar-refractivity contribution in [1.82, 2.24) is 10.2 Å². The molecule has 2 aromatic rings. The Morgan fingerprint density at radius 2 is 1.82 bits per heavy atom. The number of aryl methyl sites for hydroxylation is 1. The van der Waals surface area contributed by atoms with E-state index in [4.69, 9.17) is 4.99 Å². The molecule has 1 N–H and O–H groups in total. The van der Waals surface area contributed by atoms with Crippen LogP contribution in [0.4, 0.5) is 14.9 Å². The van der Waals surface area contributed by atoms with Gasteiger partial charge in [0.15, 0.2) is 0 Å². The quantitative estimate of drug-likeness (QED) is 0.678. The minimum Gasteiger partial charge on any atom is -0.299 e. The van der Waals surface area contributed by atoms with Crippen LogP contribution >= 0.6 is 0 Å². The van der Waals surface area contributed by atoms with Gasteiger partial charge in [0, 0.05) is 25.3 Å². The Labute approximate surface area is 195 Å². The molecule has 6 heteroatoms. The summed E-state index contributed by atoms with van der Waals surface area (Å²) in [6, 6.07) is 15.1. The summed E-state index contributed by atoms with van der Waals surface area (Å²) in [6.07, 6.45) is 7.37. The number of urea groups is 1. The highest BCUT2D eigenvalue weighted by Gasteiger charge is 2.53. The smallest absolute Gasteiger partial charge is 0.299 e. The average Bonchev–Trinajstić information content (AvgIpc) is 3.06. The van der Waals surface area contributed by atoms with Gasteiger partial charge in [0.05, 0.1) is 6.04 Å². The number of carbonyl (C=O) groups is 1. The lowest BCUT2D eigenvalue weighted by atomic mass is 9.84. The number of piperidine rings is 1. The van der Waals surface area contributed by atoms with Crippen LogP contribution in [0, 0.1) is 12.7 Å². The second-order valence-corrected chi connectivity index (χ2v) is 9.81. The zero-order valence-electron chi connectivity index (χ0n) is 19.4. The van der Waals surface area contributed by atoms with Gasteiger partial charge in [0.25, 0.3) is 0 Å². The van der Waals surface area contributed by atoms with Crippen molar-refractivity contribution >= 4 is 17.6 Å². The number of nitrogens with one attached hydrogen (secondary N) is 1. The van der Waals surface area contributed by atoms with E-state index in [-0.39, 0.29) is 17.9 Å². The highest BCUT2D eigenvalue weighted by Crippen LogP contribution is 2.39. The van der Waals surface area contributed by atoms with Crippen molar-refractivity contribution in [3.8, 4) is 0 Å². The molecule has 5 nitrogen and oxygen atoms in total. The Morgan fingerprint density at radius 3 is 2.55 bits per heavy atom. The average molecular weight is 449 g/mol. The Balaban J connectivity index is 1.43. The number of amidine groups is 1. The minimum atomic E-state index is -0.536. The third-order valence-electron chi connectivity index (χ3n) is 7.42. The second-order valence-electron chi connectivity index (χ2n) is 9.81. The second kappa shape index (κ2) is 9.26. The number of amides is 2. The van der Waals surface area contributed by atoms with Gasteiger partial charge in [-0.2, -0.15) is 0 Å². The van der Waals surface area contributed by atoms with Crippen LogP contribution in [0.1, 0.15) is 56.1 Å². The number of anilines is 1. The summed E-state index contributed by atoms with van der Waals surface area (Å²) in [5.41, 5.74) is 2.65. The summed E-state index contributed by atoms with van der Waals surface area (Å²) in [7, 11) is 0. The molecule has 0 radical (unpaired) electrons. The van der Waals surface area contributed by atoms with E-state index >= 15 is 0 Å². The Hall–Kier alpha value is -2.73. The largest absolute Gasteiger partial charge is 0.328 e. The first-order valence-corrected chi connectivity index (χ1v) is 12.3. The summed E-state index contributed by atoms with van der Waals surface area (Å²) in [6.45, 7) is 4.74. The van der Waals surface area contributed by atoms with Crippen molar-refractivity contribution in [2.45, 2.75) is 70.0 Å². The maximum atomic E-state index is 14.1. The van der Waals surface area contributed by atoms with Crippen LogP contribution in [0.3, 0.4) is 0 Å². The molecule has 1 spiro atoms. The third kappa shape index (κ3) is 4.54. The number of aliphatic imine (C=N–C) groups is 1. The van der Waals surface area contributed by atoms with Crippen LogP contribution in [-0.2, 0) is 6.54 Å². The molecule has 33 heavy (non-hydrogen) atoms. The number of benzene rings is 2. The first kappa shape index (κ1) is 22.1. The lowest BCUT2D eigenvalue weighted by Crippen LogP contribution is -2.57. The number of carbonyl (C=O) groups excluding carboxylic acids is 1. The highest BCUT2D eigenvalue weighted by atomic mass is 19.1. The zero-order chi connectivity index (χ0) is 22.8. The number of likely N-dealkylation sites (tertiary alicyclic amines) is 1. The van der Waals surface area contributed by atoms with Gasteiger partial charge in [0.2, 0.25) is 0 Å². The van der Waals surface area contributed by atoms with Crippen molar-refractivity contribution in [2.75, 3.05) is 18.0 Å². The molecule has 174 valence electrons. The Morgan fingerprint density at radius 1 is 1.06 bits per heavy atom. The van der Waals surface area contributed by atoms with Gasteiger partial charge in [0.1, 0.15) is 17.2 Å². The molecule has 1 aliphatic carbocycles. The molecule has 0 aromatic heterocycles. The number of hydrogen-bond acceptors (Lipinski definition) is 3. The first-order chi connectivity index (χ1) is 16.0. The molecule has 2 aromatic carbocycles. The van der Waals surface area contributed by atoms with E-state index in [2.05, 4.69) is 41.4 Å². The Kier molecular flexibility index (Phi) is 6.19. The molecule has 3 fully saturated rings. The van der Waals surface area contributed by atoms with Crippen LogP contribution in [-0.4, -0.2) is 41.4 Å². The fraction of sp³-hybridized carbons (Fsp3) is 0.481. The van der Waals surface area contributed by atoms with Crippen molar-refractivity contribution in [1.29, 1.82) is 0 Å². The lowest BCUT2D eigenvalue weighted by molar-refractivity contribution is 0.184. The van der Waals surface area contributed by atoms with Gasteiger partial charge in [-0.15, -0.1) is 0 Å². The molecule has 2 heterocycles. The predicted octanol–water partition coefficient (Wildman–Crippen LogP) is 5.43. The van der Waals surface area contributed by atoms with Gasteiger partial charge in [-0.1, -0.05) is 55.2 Å². The van der Waals surface area contributed by atoms with Crippen LogP contribution in [0.25, 0.3) is 0 Å². The minimum absolute atomic E-state index is 0.192. The lowest BCUT2D eigenvalue weighted by Gasteiger charge is -2.44. The van der Waals surface area contributed by atoms with Gasteiger partial charge in [-0.3, -0.25) is 20.1 Å². The van der Waals surface area contributed by atoms with Crippen LogP contribution in [0.15, 0.2) is 53.5 Å². The Bertz CT molecular complexity index is 1040. The highest BCUT2D eigenvalue weighted by molar-refractivity contribution is 6.19. The van der Waals surface area contributed by atoms with Crippen molar-refractivity contribution in [2.24, 2.45) is 4.99 Å². The van der Waals surface area contributed by atoms with E-state index in [9.17, 15) is 9.18 Å². The monoisotopic (exact) mass is 448 g/mol. The fourth-order valence-corrected chi connectivity index (χ4v) is 5.71. The maximum Gasteiger partial charge on any atom is 0.328 e. The molecule has 2 saturated heterocycles. The van der Waals surface area contributed by atoms with Gasteiger partial charge < -0.3 is 0 Å². The molecule has 0 atom stereocenters. The summed E-state index contributed by atoms with van der Waals surface area (Å²) in [5, 5.41) is 3.10. The maximum absolute atomic E-state index is 14.1. The summed E-state index contributed by atoms with van der Waals surface area (Å²) < 4.78 is 14.1. The van der Waals surface area contributed by atoms with E-state index in [1.807, 2.05) is 6.07 Å². The number of hydrogen-bond donors (Lipinski definition) is 1. The van der Waals surface area contributed by atoms with Crippen LogP contribution in [0.5, 0.6) is 0 Å². The van der Waals surface area contributed by atoms with Crippen molar-refractivity contribution < 1.29 is 9.18 Å². The molecule has 5 rings (SSSR count). The molecule has 3 aliphatic rings. The summed E-state index contributed by atoms with van der Waals surface area (Å²) >= 11 is 0.